The van der Waals surface area contributed by atoms with Gasteiger partial charge in [-0.25, -0.2) is 0 Å². The zero-order chi connectivity index (χ0) is 17.6. The van der Waals surface area contributed by atoms with E-state index in [1.54, 1.807) is 0 Å². The first-order chi connectivity index (χ1) is 10.7. The summed E-state index contributed by atoms with van der Waals surface area (Å²) in [5.74, 6) is -2.10. The fourth-order valence-corrected chi connectivity index (χ4v) is 2.26. The van der Waals surface area contributed by atoms with Gasteiger partial charge in [0, 0.05) is 27.7 Å². The summed E-state index contributed by atoms with van der Waals surface area (Å²) in [6.07, 6.45) is -2.77. The van der Waals surface area contributed by atoms with Gasteiger partial charge in [0.15, 0.2) is 12.2 Å². The molecule has 0 radical (unpaired) electrons. The van der Waals surface area contributed by atoms with Crippen molar-refractivity contribution in [1.82, 2.24) is 5.32 Å². The van der Waals surface area contributed by atoms with E-state index < -0.39 is 42.3 Å². The maximum absolute atomic E-state index is 11.3. The number of carbonyl (C=O) groups excluding carboxylic acids is 4. The molecule has 1 amide bonds. The van der Waals surface area contributed by atoms with Crippen LogP contribution in [-0.4, -0.2) is 61.4 Å². The molecule has 0 saturated carbocycles. The lowest BCUT2D eigenvalue weighted by molar-refractivity contribution is -0.207. The summed E-state index contributed by atoms with van der Waals surface area (Å²) < 4.78 is 20.8. The van der Waals surface area contributed by atoms with Crippen molar-refractivity contribution >= 4 is 23.8 Å². The first-order valence-corrected chi connectivity index (χ1v) is 7.07. The Morgan fingerprint density at radius 3 is 2.00 bits per heavy atom. The highest BCUT2D eigenvalue weighted by Gasteiger charge is 2.45. The van der Waals surface area contributed by atoms with Gasteiger partial charge in [-0.15, -0.1) is 0 Å². The Morgan fingerprint density at radius 1 is 0.957 bits per heavy atom. The van der Waals surface area contributed by atoms with Gasteiger partial charge in [0.1, 0.15) is 12.7 Å². The van der Waals surface area contributed by atoms with Crippen LogP contribution >= 0.6 is 0 Å². The molecule has 1 saturated heterocycles. The van der Waals surface area contributed by atoms with E-state index >= 15 is 0 Å². The molecular weight excluding hydrogens is 310 g/mol. The molecule has 1 aliphatic rings. The van der Waals surface area contributed by atoms with Crippen LogP contribution in [-0.2, 0) is 38.1 Å². The van der Waals surface area contributed by atoms with Gasteiger partial charge >= 0.3 is 17.9 Å². The number of esters is 3. The Bertz CT molecular complexity index is 477. The van der Waals surface area contributed by atoms with Crippen molar-refractivity contribution in [3.63, 3.8) is 0 Å². The molecule has 0 spiro atoms. The Morgan fingerprint density at radius 2 is 1.52 bits per heavy atom. The van der Waals surface area contributed by atoms with Crippen molar-refractivity contribution in [3.8, 4) is 0 Å². The molecule has 9 heteroatoms. The lowest BCUT2D eigenvalue weighted by Gasteiger charge is -2.41. The zero-order valence-electron chi connectivity index (χ0n) is 13.5. The smallest absolute Gasteiger partial charge is 0.303 e. The zero-order valence-corrected chi connectivity index (χ0v) is 13.5. The molecule has 23 heavy (non-hydrogen) atoms. The van der Waals surface area contributed by atoms with Gasteiger partial charge in [-0.2, -0.15) is 0 Å². The fourth-order valence-electron chi connectivity index (χ4n) is 2.26. The van der Waals surface area contributed by atoms with Gasteiger partial charge in [-0.3, -0.25) is 19.2 Å². The minimum Gasteiger partial charge on any atom is -0.463 e. The Balaban J connectivity index is 2.98. The molecule has 1 fully saturated rings. The van der Waals surface area contributed by atoms with Crippen LogP contribution in [0.5, 0.6) is 0 Å². The third-order valence-corrected chi connectivity index (χ3v) is 3.02. The lowest BCUT2D eigenvalue weighted by atomic mass is 9.97. The summed E-state index contributed by atoms with van der Waals surface area (Å²) >= 11 is 0. The van der Waals surface area contributed by atoms with Crippen molar-refractivity contribution in [2.45, 2.75) is 52.0 Å². The molecule has 9 nitrogen and oxygen atoms in total. The Kier molecular flexibility index (Phi) is 6.95. The molecule has 1 N–H and O–H groups in total. The van der Waals surface area contributed by atoms with Gasteiger partial charge in [-0.1, -0.05) is 0 Å². The molecule has 4 atom stereocenters. The number of rotatable bonds is 5. The monoisotopic (exact) mass is 331 g/mol. The van der Waals surface area contributed by atoms with Crippen LogP contribution in [0.3, 0.4) is 0 Å². The van der Waals surface area contributed by atoms with E-state index in [0.717, 1.165) is 0 Å². The number of ether oxygens (including phenoxy) is 4. The van der Waals surface area contributed by atoms with Crippen molar-refractivity contribution in [3.05, 3.63) is 0 Å². The van der Waals surface area contributed by atoms with E-state index in [1.807, 2.05) is 0 Å². The molecule has 0 aliphatic carbocycles. The van der Waals surface area contributed by atoms with E-state index in [1.165, 1.54) is 27.7 Å². The van der Waals surface area contributed by atoms with Crippen molar-refractivity contribution in [2.24, 2.45) is 0 Å². The number of carbonyl (C=O) groups is 4. The topological polar surface area (TPSA) is 117 Å². The van der Waals surface area contributed by atoms with Gasteiger partial charge in [0.2, 0.25) is 5.91 Å². The van der Waals surface area contributed by atoms with Crippen LogP contribution in [0.4, 0.5) is 0 Å². The quantitative estimate of drug-likeness (QED) is 0.520. The molecule has 130 valence electrons. The Labute approximate surface area is 133 Å². The van der Waals surface area contributed by atoms with E-state index in [-0.39, 0.29) is 19.1 Å². The first-order valence-electron chi connectivity index (χ1n) is 7.07. The van der Waals surface area contributed by atoms with E-state index in [0.29, 0.717) is 0 Å². The summed E-state index contributed by atoms with van der Waals surface area (Å²) in [6, 6.07) is -0.686. The van der Waals surface area contributed by atoms with Crippen molar-refractivity contribution < 1.29 is 38.1 Å². The SMILES string of the molecule is CC(=O)NC1COC(COC(C)=O)[C@H](OC(C)=O)C1OC(C)=O. The van der Waals surface area contributed by atoms with Gasteiger partial charge in [0.05, 0.1) is 12.6 Å². The van der Waals surface area contributed by atoms with Crippen LogP contribution in [0.2, 0.25) is 0 Å². The molecule has 1 aliphatic heterocycles. The lowest BCUT2D eigenvalue weighted by Crippen LogP contribution is -2.62. The summed E-state index contributed by atoms with van der Waals surface area (Å²) in [4.78, 5) is 44.9. The standard InChI is InChI=1S/C14H21NO8/c1-7(16)15-11-5-21-12(6-20-8(2)17)14(23-10(4)19)13(11)22-9(3)18/h11-14H,5-6H2,1-4H3,(H,15,16)/t11?,12?,13?,14-/m0/s1. The molecule has 0 aromatic rings. The van der Waals surface area contributed by atoms with Crippen LogP contribution in [0, 0.1) is 0 Å². The van der Waals surface area contributed by atoms with Crippen LogP contribution in [0.15, 0.2) is 0 Å². The van der Waals surface area contributed by atoms with Crippen LogP contribution in [0.25, 0.3) is 0 Å². The Hall–Kier alpha value is -2.16. The predicted octanol–water partition coefficient (Wildman–Crippen LogP) is -0.684. The van der Waals surface area contributed by atoms with Gasteiger partial charge in [-0.05, 0) is 0 Å². The van der Waals surface area contributed by atoms with E-state index in [2.05, 4.69) is 5.32 Å². The second-order valence-electron chi connectivity index (χ2n) is 5.13. The summed E-state index contributed by atoms with van der Waals surface area (Å²) in [7, 11) is 0. The molecule has 0 bridgehead atoms. The molecule has 0 aromatic carbocycles. The third-order valence-electron chi connectivity index (χ3n) is 3.02. The maximum Gasteiger partial charge on any atom is 0.303 e. The van der Waals surface area contributed by atoms with Gasteiger partial charge in [0.25, 0.3) is 0 Å². The highest BCUT2D eigenvalue weighted by Crippen LogP contribution is 2.23. The minimum absolute atomic E-state index is 0.0151. The molecule has 1 rings (SSSR count). The second-order valence-corrected chi connectivity index (χ2v) is 5.13. The number of hydrogen-bond donors (Lipinski definition) is 1. The van der Waals surface area contributed by atoms with E-state index in [9.17, 15) is 19.2 Å². The van der Waals surface area contributed by atoms with Crippen LogP contribution < -0.4 is 5.32 Å². The first kappa shape index (κ1) is 18.9. The molecule has 1 heterocycles. The molecule has 3 unspecified atom stereocenters. The average Bonchev–Trinajstić information content (AvgIpc) is 2.39. The summed E-state index contributed by atoms with van der Waals surface area (Å²) in [6.45, 7) is 4.77. The summed E-state index contributed by atoms with van der Waals surface area (Å²) in [5.41, 5.74) is 0. The largest absolute Gasteiger partial charge is 0.463 e. The van der Waals surface area contributed by atoms with Gasteiger partial charge < -0.3 is 24.3 Å². The third kappa shape index (κ3) is 6.23. The highest BCUT2D eigenvalue weighted by atomic mass is 16.6. The number of hydrogen-bond acceptors (Lipinski definition) is 8. The molecular formula is C14H21NO8. The number of amides is 1. The fraction of sp³-hybridized carbons (Fsp3) is 0.714. The molecule has 0 aromatic heterocycles. The van der Waals surface area contributed by atoms with E-state index in [4.69, 9.17) is 18.9 Å². The maximum atomic E-state index is 11.3. The summed E-state index contributed by atoms with van der Waals surface area (Å²) in [5, 5.41) is 2.59. The van der Waals surface area contributed by atoms with Crippen molar-refractivity contribution in [2.75, 3.05) is 13.2 Å². The average molecular weight is 331 g/mol. The predicted molar refractivity (Wildman–Crippen MR) is 75.1 cm³/mol. The van der Waals surface area contributed by atoms with Crippen molar-refractivity contribution in [1.29, 1.82) is 0 Å². The van der Waals surface area contributed by atoms with Crippen LogP contribution in [0.1, 0.15) is 27.7 Å². The number of nitrogens with one attached hydrogen (secondary N) is 1. The minimum atomic E-state index is -1.01. The second kappa shape index (κ2) is 8.47. The highest BCUT2D eigenvalue weighted by molar-refractivity contribution is 5.73. The normalized spacial score (nSPS) is 26.8.